The monoisotopic (exact) mass is 131 g/mol. The van der Waals surface area contributed by atoms with Crippen LogP contribution < -0.4 is 5.73 Å². The average molecular weight is 131 g/mol. The van der Waals surface area contributed by atoms with Gasteiger partial charge in [-0.3, -0.25) is 0 Å². The van der Waals surface area contributed by atoms with E-state index in [1.54, 1.807) is 0 Å². The highest BCUT2D eigenvalue weighted by Crippen LogP contribution is 1.93. The van der Waals surface area contributed by atoms with E-state index >= 15 is 0 Å². The molecular formula is C6H13NO2. The van der Waals surface area contributed by atoms with Gasteiger partial charge in [0.2, 0.25) is 0 Å². The van der Waals surface area contributed by atoms with Gasteiger partial charge in [-0.2, -0.15) is 0 Å². The first-order valence-corrected chi connectivity index (χ1v) is 3.02. The predicted molar refractivity (Wildman–Crippen MR) is 35.0 cm³/mol. The molecule has 0 radical (unpaired) electrons. The molecule has 0 aliphatic carbocycles. The Morgan fingerprint density at radius 1 is 1.78 bits per heavy atom. The molecule has 54 valence electrons. The van der Waals surface area contributed by atoms with E-state index < -0.39 is 0 Å². The summed E-state index contributed by atoms with van der Waals surface area (Å²) in [6.07, 6.45) is 1.06. The van der Waals surface area contributed by atoms with Gasteiger partial charge in [-0.15, -0.1) is 0 Å². The number of aliphatic hydroxyl groups excluding tert-OH is 1. The molecule has 1 atom stereocenters. The number of carbonyl (C=O) groups excluding carboxylic acids is 1. The van der Waals surface area contributed by atoms with Gasteiger partial charge in [-0.05, 0) is 13.3 Å². The molecule has 0 aromatic carbocycles. The Balaban J connectivity index is 3.16. The second kappa shape index (κ2) is 4.47. The number of hydrogen-bond donors (Lipinski definition) is 2. The van der Waals surface area contributed by atoms with Crippen molar-refractivity contribution in [1.82, 2.24) is 0 Å². The fourth-order valence-electron chi connectivity index (χ4n) is 0.480. The van der Waals surface area contributed by atoms with E-state index in [0.29, 0.717) is 12.8 Å². The maximum Gasteiger partial charge on any atom is 0.129 e. The zero-order valence-electron chi connectivity index (χ0n) is 5.63. The molecule has 0 amide bonds. The number of nitrogens with two attached hydrogens (primary N) is 1. The van der Waals surface area contributed by atoms with Crippen molar-refractivity contribution >= 4 is 5.78 Å². The van der Waals surface area contributed by atoms with E-state index in [2.05, 4.69) is 0 Å². The lowest BCUT2D eigenvalue weighted by atomic mass is 10.1. The molecule has 0 rings (SSSR count). The minimum atomic E-state index is -0.228. The lowest BCUT2D eigenvalue weighted by molar-refractivity contribution is -0.117. The predicted octanol–water partition coefficient (Wildman–Crippen LogP) is -0.325. The Morgan fingerprint density at radius 2 is 2.33 bits per heavy atom. The standard InChI is InChI=1S/C6H13NO2/c1-5(9)2-3-6(7)4-8/h6,8H,2-4,7H2,1H3/t6-/m0/s1. The fourth-order valence-corrected chi connectivity index (χ4v) is 0.480. The molecular weight excluding hydrogens is 118 g/mol. The number of rotatable bonds is 4. The summed E-state index contributed by atoms with van der Waals surface area (Å²) in [4.78, 5) is 10.3. The van der Waals surface area contributed by atoms with Crippen LogP contribution in [0.2, 0.25) is 0 Å². The average Bonchev–Trinajstić information content (AvgIpc) is 1.83. The third-order valence-electron chi connectivity index (χ3n) is 1.10. The van der Waals surface area contributed by atoms with E-state index in [1.165, 1.54) is 6.92 Å². The van der Waals surface area contributed by atoms with Gasteiger partial charge in [0, 0.05) is 12.5 Å². The molecule has 3 nitrogen and oxygen atoms in total. The largest absolute Gasteiger partial charge is 0.395 e. The fraction of sp³-hybridized carbons (Fsp3) is 0.833. The van der Waals surface area contributed by atoms with E-state index in [9.17, 15) is 4.79 Å². The first kappa shape index (κ1) is 8.59. The minimum absolute atomic E-state index is 0.0344. The topological polar surface area (TPSA) is 63.3 Å². The maximum atomic E-state index is 10.3. The Labute approximate surface area is 54.9 Å². The van der Waals surface area contributed by atoms with Crippen LogP contribution in [0.25, 0.3) is 0 Å². The molecule has 0 saturated carbocycles. The zero-order chi connectivity index (χ0) is 7.28. The quantitative estimate of drug-likeness (QED) is 0.549. The highest BCUT2D eigenvalue weighted by Gasteiger charge is 2.00. The molecule has 0 spiro atoms. The third kappa shape index (κ3) is 5.46. The van der Waals surface area contributed by atoms with Gasteiger partial charge in [-0.1, -0.05) is 0 Å². The lowest BCUT2D eigenvalue weighted by Gasteiger charge is -2.03. The maximum absolute atomic E-state index is 10.3. The summed E-state index contributed by atoms with van der Waals surface area (Å²) >= 11 is 0. The minimum Gasteiger partial charge on any atom is -0.395 e. The van der Waals surface area contributed by atoms with Crippen LogP contribution in [-0.4, -0.2) is 23.5 Å². The molecule has 0 heterocycles. The Kier molecular flexibility index (Phi) is 4.26. The molecule has 0 bridgehead atoms. The summed E-state index contributed by atoms with van der Waals surface area (Å²) in [5.74, 6) is 0.124. The number of ketones is 1. The van der Waals surface area contributed by atoms with Crippen LogP contribution in [0.3, 0.4) is 0 Å². The summed E-state index contributed by atoms with van der Waals surface area (Å²) < 4.78 is 0. The molecule has 3 heteroatoms. The Morgan fingerprint density at radius 3 is 2.67 bits per heavy atom. The van der Waals surface area contributed by atoms with Gasteiger partial charge < -0.3 is 15.6 Å². The van der Waals surface area contributed by atoms with Crippen LogP contribution in [0.5, 0.6) is 0 Å². The van der Waals surface area contributed by atoms with Gasteiger partial charge in [0.05, 0.1) is 6.61 Å². The SMILES string of the molecule is CC(=O)CC[C@H](N)CO. The summed E-state index contributed by atoms with van der Waals surface area (Å²) in [7, 11) is 0. The van der Waals surface area contributed by atoms with Gasteiger partial charge in [0.25, 0.3) is 0 Å². The molecule has 0 aromatic heterocycles. The van der Waals surface area contributed by atoms with Crippen molar-refractivity contribution < 1.29 is 9.90 Å². The van der Waals surface area contributed by atoms with Crippen molar-refractivity contribution in [2.75, 3.05) is 6.61 Å². The van der Waals surface area contributed by atoms with Crippen LogP contribution in [0.4, 0.5) is 0 Å². The molecule has 0 aliphatic rings. The van der Waals surface area contributed by atoms with E-state index in [0.717, 1.165) is 0 Å². The number of aliphatic hydroxyl groups is 1. The van der Waals surface area contributed by atoms with Crippen LogP contribution in [-0.2, 0) is 4.79 Å². The number of Topliss-reactive ketones (excluding diaryl/α,β-unsaturated/α-hetero) is 1. The van der Waals surface area contributed by atoms with Crippen molar-refractivity contribution in [2.45, 2.75) is 25.8 Å². The highest BCUT2D eigenvalue weighted by atomic mass is 16.3. The van der Waals surface area contributed by atoms with Gasteiger partial charge in [0.1, 0.15) is 5.78 Å². The number of hydrogen-bond acceptors (Lipinski definition) is 3. The van der Waals surface area contributed by atoms with Crippen molar-refractivity contribution in [2.24, 2.45) is 5.73 Å². The smallest absolute Gasteiger partial charge is 0.129 e. The molecule has 3 N–H and O–H groups in total. The van der Waals surface area contributed by atoms with Crippen LogP contribution in [0.1, 0.15) is 19.8 Å². The molecule has 0 unspecified atom stereocenters. The van der Waals surface area contributed by atoms with Crippen molar-refractivity contribution in [3.05, 3.63) is 0 Å². The molecule has 0 saturated heterocycles. The van der Waals surface area contributed by atoms with Crippen molar-refractivity contribution in [1.29, 1.82) is 0 Å². The lowest BCUT2D eigenvalue weighted by Crippen LogP contribution is -2.24. The first-order valence-electron chi connectivity index (χ1n) is 3.02. The molecule has 0 aromatic rings. The second-order valence-electron chi connectivity index (χ2n) is 2.18. The van der Waals surface area contributed by atoms with Gasteiger partial charge in [-0.25, -0.2) is 0 Å². The first-order chi connectivity index (χ1) is 4.16. The van der Waals surface area contributed by atoms with Crippen LogP contribution in [0, 0.1) is 0 Å². The molecule has 0 fully saturated rings. The summed E-state index contributed by atoms with van der Waals surface area (Å²) in [5, 5.41) is 8.41. The van der Waals surface area contributed by atoms with Crippen LogP contribution >= 0.6 is 0 Å². The van der Waals surface area contributed by atoms with E-state index in [4.69, 9.17) is 10.8 Å². The third-order valence-corrected chi connectivity index (χ3v) is 1.10. The number of carbonyl (C=O) groups is 1. The molecule has 9 heavy (non-hydrogen) atoms. The van der Waals surface area contributed by atoms with Gasteiger partial charge in [0.15, 0.2) is 0 Å². The zero-order valence-corrected chi connectivity index (χ0v) is 5.63. The van der Waals surface area contributed by atoms with Crippen molar-refractivity contribution in [3.8, 4) is 0 Å². The van der Waals surface area contributed by atoms with Crippen LogP contribution in [0.15, 0.2) is 0 Å². The van der Waals surface area contributed by atoms with Gasteiger partial charge >= 0.3 is 0 Å². The van der Waals surface area contributed by atoms with Crippen molar-refractivity contribution in [3.63, 3.8) is 0 Å². The normalized spacial score (nSPS) is 13.2. The second-order valence-corrected chi connectivity index (χ2v) is 2.18. The highest BCUT2D eigenvalue weighted by molar-refractivity contribution is 5.75. The Bertz CT molecular complexity index is 93.1. The summed E-state index contributed by atoms with van der Waals surface area (Å²) in [5.41, 5.74) is 5.32. The Hall–Kier alpha value is -0.410. The molecule has 0 aliphatic heterocycles. The summed E-state index contributed by atoms with van der Waals surface area (Å²) in [6.45, 7) is 1.48. The van der Waals surface area contributed by atoms with E-state index in [1.807, 2.05) is 0 Å². The summed E-state index contributed by atoms with van der Waals surface area (Å²) in [6, 6.07) is -0.228. The van der Waals surface area contributed by atoms with E-state index in [-0.39, 0.29) is 18.4 Å².